The molecule has 3 amide bonds. The van der Waals surface area contributed by atoms with Crippen LogP contribution in [0.1, 0.15) is 19.3 Å². The minimum atomic E-state index is -0.273. The molecule has 8 nitrogen and oxygen atoms in total. The first kappa shape index (κ1) is 14.0. The van der Waals surface area contributed by atoms with E-state index >= 15 is 0 Å². The number of urea groups is 1. The summed E-state index contributed by atoms with van der Waals surface area (Å²) in [6.45, 7) is 3.11. The highest BCUT2D eigenvalue weighted by Crippen LogP contribution is 2.18. The Morgan fingerprint density at radius 2 is 2.19 bits per heavy atom. The molecular weight excluding hydrogens is 272 g/mol. The van der Waals surface area contributed by atoms with E-state index in [9.17, 15) is 9.59 Å². The minimum absolute atomic E-state index is 0.126. The van der Waals surface area contributed by atoms with Gasteiger partial charge in [0.05, 0.1) is 13.1 Å². The van der Waals surface area contributed by atoms with Gasteiger partial charge in [-0.1, -0.05) is 6.42 Å². The van der Waals surface area contributed by atoms with Crippen molar-refractivity contribution in [1.82, 2.24) is 29.9 Å². The fourth-order valence-corrected chi connectivity index (χ4v) is 3.01. The van der Waals surface area contributed by atoms with E-state index in [1.807, 2.05) is 4.68 Å². The van der Waals surface area contributed by atoms with Gasteiger partial charge in [-0.25, -0.2) is 9.78 Å². The Labute approximate surface area is 123 Å². The minimum Gasteiger partial charge on any atom is -0.329 e. The maximum Gasteiger partial charge on any atom is 0.324 e. The third-order valence-electron chi connectivity index (χ3n) is 4.16. The highest BCUT2D eigenvalue weighted by atomic mass is 16.2. The van der Waals surface area contributed by atoms with E-state index in [-0.39, 0.29) is 18.5 Å². The largest absolute Gasteiger partial charge is 0.329 e. The Morgan fingerprint density at radius 1 is 1.29 bits per heavy atom. The number of rotatable bonds is 5. The molecule has 0 bridgehead atoms. The Balaban J connectivity index is 1.56. The van der Waals surface area contributed by atoms with Crippen molar-refractivity contribution in [1.29, 1.82) is 0 Å². The number of nitrogens with one attached hydrogen (secondary N) is 1. The van der Waals surface area contributed by atoms with E-state index in [0.717, 1.165) is 32.5 Å². The summed E-state index contributed by atoms with van der Waals surface area (Å²) in [4.78, 5) is 30.8. The molecule has 2 saturated heterocycles. The number of nitrogens with zero attached hydrogens (tertiary/aromatic N) is 5. The highest BCUT2D eigenvalue weighted by molar-refractivity contribution is 6.01. The van der Waals surface area contributed by atoms with Gasteiger partial charge in [-0.15, -0.1) is 0 Å². The van der Waals surface area contributed by atoms with Crippen molar-refractivity contribution in [3.8, 4) is 0 Å². The van der Waals surface area contributed by atoms with E-state index in [1.165, 1.54) is 11.3 Å². The van der Waals surface area contributed by atoms with Gasteiger partial charge in [0.25, 0.3) is 0 Å². The summed E-state index contributed by atoms with van der Waals surface area (Å²) >= 11 is 0. The molecule has 0 spiro atoms. The van der Waals surface area contributed by atoms with Crippen LogP contribution >= 0.6 is 0 Å². The molecule has 3 rings (SSSR count). The van der Waals surface area contributed by atoms with Gasteiger partial charge < -0.3 is 5.32 Å². The van der Waals surface area contributed by atoms with Gasteiger partial charge in [-0.2, -0.15) is 5.10 Å². The second-order valence-electron chi connectivity index (χ2n) is 5.51. The van der Waals surface area contributed by atoms with Crippen molar-refractivity contribution in [2.45, 2.75) is 31.8 Å². The Kier molecular flexibility index (Phi) is 4.14. The third-order valence-corrected chi connectivity index (χ3v) is 4.16. The van der Waals surface area contributed by atoms with E-state index in [0.29, 0.717) is 12.6 Å². The average molecular weight is 292 g/mol. The van der Waals surface area contributed by atoms with Crippen LogP contribution in [0.3, 0.4) is 0 Å². The molecule has 0 aromatic carbocycles. The molecule has 0 saturated carbocycles. The average Bonchev–Trinajstić information content (AvgIpc) is 3.10. The fourth-order valence-electron chi connectivity index (χ4n) is 3.01. The molecule has 1 aromatic heterocycles. The lowest BCUT2D eigenvalue weighted by molar-refractivity contribution is -0.125. The molecule has 0 radical (unpaired) electrons. The highest BCUT2D eigenvalue weighted by Gasteiger charge is 2.30. The quantitative estimate of drug-likeness (QED) is 0.752. The van der Waals surface area contributed by atoms with Crippen LogP contribution in [0.5, 0.6) is 0 Å². The zero-order chi connectivity index (χ0) is 14.7. The van der Waals surface area contributed by atoms with E-state index in [2.05, 4.69) is 20.3 Å². The molecular formula is C13H20N6O2. The second kappa shape index (κ2) is 6.21. The summed E-state index contributed by atoms with van der Waals surface area (Å²) < 4.78 is 1.84. The van der Waals surface area contributed by atoms with Gasteiger partial charge in [-0.05, 0) is 19.4 Å². The van der Waals surface area contributed by atoms with Crippen LogP contribution in [0.25, 0.3) is 0 Å². The van der Waals surface area contributed by atoms with Gasteiger partial charge in [0.15, 0.2) is 0 Å². The number of hydrogen-bond donors (Lipinski definition) is 1. The SMILES string of the molecule is O=C1CNC(=O)N1CCN1CCCC[C@H]1Cn1cncn1. The van der Waals surface area contributed by atoms with E-state index < -0.39 is 0 Å². The van der Waals surface area contributed by atoms with Crippen molar-refractivity contribution >= 4 is 11.9 Å². The molecule has 2 fully saturated rings. The van der Waals surface area contributed by atoms with Crippen molar-refractivity contribution < 1.29 is 9.59 Å². The molecule has 3 heterocycles. The van der Waals surface area contributed by atoms with Crippen LogP contribution in [0, 0.1) is 0 Å². The van der Waals surface area contributed by atoms with Crippen LogP contribution in [-0.2, 0) is 11.3 Å². The molecule has 1 aromatic rings. The summed E-state index contributed by atoms with van der Waals surface area (Å²) in [5.41, 5.74) is 0. The molecule has 1 N–H and O–H groups in total. The van der Waals surface area contributed by atoms with Crippen LogP contribution in [0.2, 0.25) is 0 Å². The normalized spacial score (nSPS) is 23.6. The molecule has 21 heavy (non-hydrogen) atoms. The number of imide groups is 1. The summed E-state index contributed by atoms with van der Waals surface area (Å²) in [5.74, 6) is -0.134. The second-order valence-corrected chi connectivity index (χ2v) is 5.51. The van der Waals surface area contributed by atoms with Gasteiger partial charge in [0, 0.05) is 19.1 Å². The van der Waals surface area contributed by atoms with Crippen molar-refractivity contribution in [2.24, 2.45) is 0 Å². The maximum atomic E-state index is 11.6. The predicted octanol–water partition coefficient (Wildman–Crippen LogP) is -0.316. The molecule has 2 aliphatic rings. The molecule has 2 aliphatic heterocycles. The number of amides is 3. The number of carbonyl (C=O) groups excluding carboxylic acids is 2. The first-order valence-corrected chi connectivity index (χ1v) is 7.38. The number of hydrogen-bond acceptors (Lipinski definition) is 5. The first-order chi connectivity index (χ1) is 10.2. The zero-order valence-electron chi connectivity index (χ0n) is 11.9. The number of likely N-dealkylation sites (tertiary alicyclic amines) is 1. The molecule has 0 aliphatic carbocycles. The molecule has 114 valence electrons. The summed E-state index contributed by atoms with van der Waals surface area (Å²) in [6, 6.07) is 0.117. The predicted molar refractivity (Wildman–Crippen MR) is 74.3 cm³/mol. The third kappa shape index (κ3) is 3.21. The standard InChI is InChI=1S/C13H20N6O2/c20-12-7-15-13(21)19(12)6-5-17-4-2-1-3-11(17)8-18-10-14-9-16-18/h9-11H,1-8H2,(H,15,21)/t11-/m0/s1. The number of aromatic nitrogens is 3. The topological polar surface area (TPSA) is 83.4 Å². The van der Waals surface area contributed by atoms with E-state index in [4.69, 9.17) is 0 Å². The monoisotopic (exact) mass is 292 g/mol. The van der Waals surface area contributed by atoms with Gasteiger partial charge >= 0.3 is 6.03 Å². The number of piperidine rings is 1. The van der Waals surface area contributed by atoms with Crippen molar-refractivity contribution in [3.05, 3.63) is 12.7 Å². The fraction of sp³-hybridized carbons (Fsp3) is 0.692. The molecule has 8 heteroatoms. The smallest absolute Gasteiger partial charge is 0.324 e. The lowest BCUT2D eigenvalue weighted by Crippen LogP contribution is -2.46. The summed E-state index contributed by atoms with van der Waals surface area (Å²) in [5, 5.41) is 6.71. The summed E-state index contributed by atoms with van der Waals surface area (Å²) in [6.07, 6.45) is 6.75. The Hall–Kier alpha value is -1.96. The molecule has 1 atom stereocenters. The van der Waals surface area contributed by atoms with Gasteiger partial charge in [0.1, 0.15) is 12.7 Å². The van der Waals surface area contributed by atoms with Gasteiger partial charge in [-0.3, -0.25) is 19.3 Å². The van der Waals surface area contributed by atoms with Crippen molar-refractivity contribution in [3.63, 3.8) is 0 Å². The van der Waals surface area contributed by atoms with Crippen LogP contribution < -0.4 is 5.32 Å². The molecule has 0 unspecified atom stereocenters. The lowest BCUT2D eigenvalue weighted by atomic mass is 10.0. The Morgan fingerprint density at radius 3 is 2.90 bits per heavy atom. The number of carbonyl (C=O) groups is 2. The van der Waals surface area contributed by atoms with E-state index in [1.54, 1.807) is 12.7 Å². The van der Waals surface area contributed by atoms with Crippen LogP contribution in [-0.4, -0.2) is 68.7 Å². The van der Waals surface area contributed by atoms with Crippen LogP contribution in [0.15, 0.2) is 12.7 Å². The maximum absolute atomic E-state index is 11.6. The lowest BCUT2D eigenvalue weighted by Gasteiger charge is -2.36. The first-order valence-electron chi connectivity index (χ1n) is 7.38. The Bertz CT molecular complexity index is 487. The van der Waals surface area contributed by atoms with Crippen molar-refractivity contribution in [2.75, 3.05) is 26.2 Å². The van der Waals surface area contributed by atoms with Gasteiger partial charge in [0.2, 0.25) is 5.91 Å². The van der Waals surface area contributed by atoms with Crippen LogP contribution in [0.4, 0.5) is 4.79 Å². The zero-order valence-corrected chi connectivity index (χ0v) is 11.9. The summed E-state index contributed by atoms with van der Waals surface area (Å²) in [7, 11) is 0.